The van der Waals surface area contributed by atoms with E-state index in [-0.39, 0.29) is 0 Å². The number of nitrogens with zero attached hydrogens (tertiary/aromatic N) is 1. The highest BCUT2D eigenvalue weighted by molar-refractivity contribution is 6.30. The molecule has 0 radical (unpaired) electrons. The summed E-state index contributed by atoms with van der Waals surface area (Å²) in [6.45, 7) is 3.06. The molecule has 2 rings (SSSR count). The summed E-state index contributed by atoms with van der Waals surface area (Å²) in [4.78, 5) is 4.05. The summed E-state index contributed by atoms with van der Waals surface area (Å²) in [6.07, 6.45) is 4.62. The van der Waals surface area contributed by atoms with E-state index in [0.29, 0.717) is 6.04 Å². The van der Waals surface area contributed by atoms with Crippen molar-refractivity contribution in [3.63, 3.8) is 0 Å². The molecule has 0 amide bonds. The van der Waals surface area contributed by atoms with E-state index in [9.17, 15) is 0 Å². The molecule has 0 saturated carbocycles. The van der Waals surface area contributed by atoms with E-state index in [1.54, 1.807) is 0 Å². The predicted molar refractivity (Wildman–Crippen MR) is 75.8 cm³/mol. The molecule has 3 heteroatoms. The summed E-state index contributed by atoms with van der Waals surface area (Å²) < 4.78 is 0. The molecule has 2 aromatic rings. The van der Waals surface area contributed by atoms with Gasteiger partial charge in [0.15, 0.2) is 0 Å². The first-order chi connectivity index (χ1) is 8.79. The zero-order valence-corrected chi connectivity index (χ0v) is 11.2. The Morgan fingerprint density at radius 2 is 1.78 bits per heavy atom. The zero-order chi connectivity index (χ0) is 12.8. The van der Waals surface area contributed by atoms with E-state index in [1.807, 2.05) is 24.5 Å². The number of hydrogen-bond acceptors (Lipinski definition) is 2. The lowest BCUT2D eigenvalue weighted by molar-refractivity contribution is 0.549. The Morgan fingerprint density at radius 3 is 2.39 bits per heavy atom. The van der Waals surface area contributed by atoms with Crippen LogP contribution in [0.5, 0.6) is 0 Å². The monoisotopic (exact) mass is 260 g/mol. The van der Waals surface area contributed by atoms with Gasteiger partial charge in [0.2, 0.25) is 0 Å². The van der Waals surface area contributed by atoms with E-state index in [0.717, 1.165) is 18.0 Å². The van der Waals surface area contributed by atoms with Crippen LogP contribution in [0, 0.1) is 0 Å². The molecule has 2 nitrogen and oxygen atoms in total. The van der Waals surface area contributed by atoms with Crippen molar-refractivity contribution in [1.29, 1.82) is 0 Å². The van der Waals surface area contributed by atoms with Crippen LogP contribution in [-0.2, 0) is 6.42 Å². The van der Waals surface area contributed by atoms with Crippen LogP contribution in [0.1, 0.15) is 24.1 Å². The van der Waals surface area contributed by atoms with Crippen molar-refractivity contribution < 1.29 is 0 Å². The molecule has 94 valence electrons. The maximum atomic E-state index is 5.92. The average molecular weight is 261 g/mol. The van der Waals surface area contributed by atoms with E-state index in [1.165, 1.54) is 11.1 Å². The highest BCUT2D eigenvalue weighted by atomic mass is 35.5. The number of likely N-dealkylation sites (N-methyl/N-ethyl adjacent to an activating group) is 1. The van der Waals surface area contributed by atoms with Crippen LogP contribution in [0.2, 0.25) is 5.02 Å². The molecule has 1 atom stereocenters. The Kier molecular flexibility index (Phi) is 4.73. The van der Waals surface area contributed by atoms with E-state index >= 15 is 0 Å². The van der Waals surface area contributed by atoms with Gasteiger partial charge in [-0.2, -0.15) is 0 Å². The molecular weight excluding hydrogens is 244 g/mol. The lowest BCUT2D eigenvalue weighted by atomic mass is 9.99. The van der Waals surface area contributed by atoms with E-state index in [4.69, 9.17) is 11.6 Å². The van der Waals surface area contributed by atoms with Crippen molar-refractivity contribution >= 4 is 11.6 Å². The Bertz CT molecular complexity index is 468. The highest BCUT2D eigenvalue weighted by Gasteiger charge is 2.10. The van der Waals surface area contributed by atoms with E-state index < -0.39 is 0 Å². The third kappa shape index (κ3) is 3.56. The summed E-state index contributed by atoms with van der Waals surface area (Å²) in [6, 6.07) is 12.5. The molecular formula is C15H17ClN2. The van der Waals surface area contributed by atoms with Gasteiger partial charge in [-0.1, -0.05) is 30.7 Å². The predicted octanol–water partition coefficient (Wildman–Crippen LogP) is 3.63. The molecule has 0 aliphatic carbocycles. The fourth-order valence-corrected chi connectivity index (χ4v) is 2.13. The minimum atomic E-state index is 0.315. The molecule has 1 unspecified atom stereocenters. The second kappa shape index (κ2) is 6.53. The number of nitrogens with one attached hydrogen (secondary N) is 1. The lowest BCUT2D eigenvalue weighted by Gasteiger charge is -2.18. The summed E-state index contributed by atoms with van der Waals surface area (Å²) in [5, 5.41) is 4.28. The van der Waals surface area contributed by atoms with Crippen LogP contribution in [0.3, 0.4) is 0 Å². The van der Waals surface area contributed by atoms with Crippen LogP contribution in [-0.4, -0.2) is 11.5 Å². The van der Waals surface area contributed by atoms with Gasteiger partial charge in [0.25, 0.3) is 0 Å². The summed E-state index contributed by atoms with van der Waals surface area (Å²) in [5.41, 5.74) is 2.55. The maximum absolute atomic E-state index is 5.92. The molecule has 1 aromatic carbocycles. The third-order valence-corrected chi connectivity index (χ3v) is 3.16. The van der Waals surface area contributed by atoms with Crippen molar-refractivity contribution in [2.45, 2.75) is 19.4 Å². The van der Waals surface area contributed by atoms with Gasteiger partial charge in [-0.05, 0) is 48.4 Å². The molecule has 1 aromatic heterocycles. The molecule has 1 N–H and O–H groups in total. The second-order valence-electron chi connectivity index (χ2n) is 4.22. The minimum Gasteiger partial charge on any atom is -0.310 e. The van der Waals surface area contributed by atoms with Crippen molar-refractivity contribution in [2.24, 2.45) is 0 Å². The lowest BCUT2D eigenvalue weighted by Crippen LogP contribution is -2.22. The van der Waals surface area contributed by atoms with Crippen LogP contribution < -0.4 is 5.32 Å². The van der Waals surface area contributed by atoms with Crippen molar-refractivity contribution in [3.05, 3.63) is 64.9 Å². The van der Waals surface area contributed by atoms with Gasteiger partial charge in [0.05, 0.1) is 0 Å². The first-order valence-corrected chi connectivity index (χ1v) is 6.55. The first-order valence-electron chi connectivity index (χ1n) is 6.17. The molecule has 0 spiro atoms. The largest absolute Gasteiger partial charge is 0.310 e. The van der Waals surface area contributed by atoms with Gasteiger partial charge in [0.1, 0.15) is 0 Å². The summed E-state index contributed by atoms with van der Waals surface area (Å²) >= 11 is 5.92. The number of halogens is 1. The van der Waals surface area contributed by atoms with Gasteiger partial charge < -0.3 is 5.32 Å². The van der Waals surface area contributed by atoms with Crippen molar-refractivity contribution in [1.82, 2.24) is 10.3 Å². The molecule has 0 aliphatic rings. The van der Waals surface area contributed by atoms with Gasteiger partial charge in [-0.3, -0.25) is 4.98 Å². The van der Waals surface area contributed by atoms with Gasteiger partial charge >= 0.3 is 0 Å². The average Bonchev–Trinajstić information content (AvgIpc) is 2.40. The molecule has 0 aliphatic heterocycles. The number of rotatable bonds is 5. The standard InChI is InChI=1S/C15H17ClN2/c1-2-18-15(11-12-7-9-17-10-8-12)13-3-5-14(16)6-4-13/h3-10,15,18H,2,11H2,1H3. The summed E-state index contributed by atoms with van der Waals surface area (Å²) in [5.74, 6) is 0. The van der Waals surface area contributed by atoms with Crippen LogP contribution >= 0.6 is 11.6 Å². The first kappa shape index (κ1) is 13.1. The zero-order valence-electron chi connectivity index (χ0n) is 10.4. The third-order valence-electron chi connectivity index (χ3n) is 2.91. The fraction of sp³-hybridized carbons (Fsp3) is 0.267. The normalized spacial score (nSPS) is 12.3. The quantitative estimate of drug-likeness (QED) is 0.888. The SMILES string of the molecule is CCNC(Cc1ccncc1)c1ccc(Cl)cc1. The number of pyridine rings is 1. The Balaban J connectivity index is 2.15. The van der Waals surface area contributed by atoms with Crippen molar-refractivity contribution in [3.8, 4) is 0 Å². The fourth-order valence-electron chi connectivity index (χ4n) is 2.00. The summed E-state index contributed by atoms with van der Waals surface area (Å²) in [7, 11) is 0. The Labute approximate surface area is 113 Å². The topological polar surface area (TPSA) is 24.9 Å². The molecule has 0 fully saturated rings. The maximum Gasteiger partial charge on any atom is 0.0406 e. The smallest absolute Gasteiger partial charge is 0.0406 e. The second-order valence-corrected chi connectivity index (χ2v) is 4.66. The molecule has 1 heterocycles. The van der Waals surface area contributed by atoms with Gasteiger partial charge in [-0.25, -0.2) is 0 Å². The number of benzene rings is 1. The number of aromatic nitrogens is 1. The van der Waals surface area contributed by atoms with Gasteiger partial charge in [0, 0.05) is 23.5 Å². The molecule has 18 heavy (non-hydrogen) atoms. The number of hydrogen-bond donors (Lipinski definition) is 1. The van der Waals surface area contributed by atoms with Crippen LogP contribution in [0.25, 0.3) is 0 Å². The van der Waals surface area contributed by atoms with Crippen LogP contribution in [0.4, 0.5) is 0 Å². The van der Waals surface area contributed by atoms with Crippen LogP contribution in [0.15, 0.2) is 48.8 Å². The highest BCUT2D eigenvalue weighted by Crippen LogP contribution is 2.20. The Morgan fingerprint density at radius 1 is 1.11 bits per heavy atom. The Hall–Kier alpha value is -1.38. The molecule has 0 saturated heterocycles. The van der Waals surface area contributed by atoms with Crippen molar-refractivity contribution in [2.75, 3.05) is 6.54 Å². The molecule has 0 bridgehead atoms. The van der Waals surface area contributed by atoms with E-state index in [2.05, 4.69) is 41.5 Å². The minimum absolute atomic E-state index is 0.315. The van der Waals surface area contributed by atoms with Gasteiger partial charge in [-0.15, -0.1) is 0 Å².